The number of hydrogen-bond acceptors (Lipinski definition) is 1. The summed E-state index contributed by atoms with van der Waals surface area (Å²) in [6.45, 7) is 2.61. The average Bonchev–Trinajstić information content (AvgIpc) is 2.12. The first kappa shape index (κ1) is 12.8. The molecule has 1 aliphatic carbocycles. The van der Waals surface area contributed by atoms with Crippen molar-refractivity contribution < 1.29 is 13.2 Å². The first-order valence-electron chi connectivity index (χ1n) is 5.73. The minimum Gasteiger partial charge on any atom is -0.312 e. The van der Waals surface area contributed by atoms with Crippen LogP contribution >= 0.6 is 0 Å². The highest BCUT2D eigenvalue weighted by atomic mass is 19.4. The van der Waals surface area contributed by atoms with Crippen LogP contribution in [0.2, 0.25) is 0 Å². The fourth-order valence-corrected chi connectivity index (χ4v) is 2.19. The van der Waals surface area contributed by atoms with E-state index in [1.165, 1.54) is 19.3 Å². The molecule has 1 saturated carbocycles. The maximum Gasteiger partial charge on any atom is 0.389 e. The molecule has 1 N–H and O–H groups in total. The summed E-state index contributed by atoms with van der Waals surface area (Å²) in [6.07, 6.45) is 1.37. The Morgan fingerprint density at radius 2 is 1.73 bits per heavy atom. The molecular weight excluding hydrogens is 203 g/mol. The first-order chi connectivity index (χ1) is 6.91. The molecule has 0 heterocycles. The largest absolute Gasteiger partial charge is 0.389 e. The molecule has 0 aromatic carbocycles. The third-order valence-electron chi connectivity index (χ3n) is 3.15. The van der Waals surface area contributed by atoms with Crippen molar-refractivity contribution in [3.63, 3.8) is 0 Å². The van der Waals surface area contributed by atoms with Gasteiger partial charge < -0.3 is 5.32 Å². The number of nitrogens with one attached hydrogen (secondary N) is 1. The summed E-state index contributed by atoms with van der Waals surface area (Å²) < 4.78 is 35.7. The number of halogens is 3. The van der Waals surface area contributed by atoms with E-state index in [9.17, 15) is 13.2 Å². The van der Waals surface area contributed by atoms with E-state index in [0.29, 0.717) is 6.54 Å². The summed E-state index contributed by atoms with van der Waals surface area (Å²) in [7, 11) is 0. The average molecular weight is 223 g/mol. The summed E-state index contributed by atoms with van der Waals surface area (Å²) in [4.78, 5) is 0. The van der Waals surface area contributed by atoms with E-state index in [-0.39, 0.29) is 12.0 Å². The Balaban J connectivity index is 2.13. The highest BCUT2D eigenvalue weighted by molar-refractivity contribution is 4.85. The fraction of sp³-hybridized carbons (Fsp3) is 1.00. The van der Waals surface area contributed by atoms with E-state index in [4.69, 9.17) is 0 Å². The lowest BCUT2D eigenvalue weighted by molar-refractivity contribution is -0.135. The molecule has 0 radical (unpaired) electrons. The van der Waals surface area contributed by atoms with Crippen molar-refractivity contribution in [1.82, 2.24) is 5.32 Å². The molecule has 0 bridgehead atoms. The molecule has 0 aromatic heterocycles. The molecule has 4 heteroatoms. The van der Waals surface area contributed by atoms with Crippen LogP contribution in [0.3, 0.4) is 0 Å². The molecule has 0 atom stereocenters. The van der Waals surface area contributed by atoms with Gasteiger partial charge in [-0.3, -0.25) is 0 Å². The van der Waals surface area contributed by atoms with Gasteiger partial charge in [0.25, 0.3) is 0 Å². The van der Waals surface area contributed by atoms with Crippen molar-refractivity contribution in [2.75, 3.05) is 6.54 Å². The second-order valence-corrected chi connectivity index (χ2v) is 4.77. The molecule has 0 aliphatic heterocycles. The van der Waals surface area contributed by atoms with Crippen molar-refractivity contribution in [2.45, 2.75) is 63.6 Å². The molecule has 1 rings (SSSR count). The quantitative estimate of drug-likeness (QED) is 0.717. The summed E-state index contributed by atoms with van der Waals surface area (Å²) in [5, 5.41) is 3.27. The molecular formula is C11H20F3N. The van der Waals surface area contributed by atoms with Crippen LogP contribution in [0.5, 0.6) is 0 Å². The zero-order chi connectivity index (χ0) is 11.4. The Kier molecular flexibility index (Phi) is 4.44. The van der Waals surface area contributed by atoms with Crippen LogP contribution in [-0.2, 0) is 0 Å². The van der Waals surface area contributed by atoms with Gasteiger partial charge in [-0.25, -0.2) is 0 Å². The van der Waals surface area contributed by atoms with Crippen LogP contribution in [-0.4, -0.2) is 18.3 Å². The van der Waals surface area contributed by atoms with Gasteiger partial charge in [-0.05, 0) is 32.7 Å². The Hall–Kier alpha value is -0.250. The van der Waals surface area contributed by atoms with E-state index in [1.807, 2.05) is 0 Å². The normalized spacial score (nSPS) is 21.6. The maximum absolute atomic E-state index is 11.9. The monoisotopic (exact) mass is 223 g/mol. The van der Waals surface area contributed by atoms with Crippen molar-refractivity contribution in [3.8, 4) is 0 Å². The smallest absolute Gasteiger partial charge is 0.312 e. The summed E-state index contributed by atoms with van der Waals surface area (Å²) in [5.74, 6) is 0. The maximum atomic E-state index is 11.9. The highest BCUT2D eigenvalue weighted by Gasteiger charge is 2.28. The van der Waals surface area contributed by atoms with E-state index in [0.717, 1.165) is 12.8 Å². The Morgan fingerprint density at radius 3 is 2.27 bits per heavy atom. The minimum absolute atomic E-state index is 0.0872. The van der Waals surface area contributed by atoms with Gasteiger partial charge in [0.1, 0.15) is 0 Å². The predicted octanol–water partition coefficient (Wildman–Crippen LogP) is 3.64. The Labute approximate surface area is 89.4 Å². The van der Waals surface area contributed by atoms with Crippen molar-refractivity contribution in [1.29, 1.82) is 0 Å². The van der Waals surface area contributed by atoms with Crippen molar-refractivity contribution in [2.24, 2.45) is 0 Å². The SMILES string of the molecule is CC1(NCCCC(F)(F)F)CCCCC1. The molecule has 0 aromatic rings. The lowest BCUT2D eigenvalue weighted by Crippen LogP contribution is -2.44. The van der Waals surface area contributed by atoms with E-state index >= 15 is 0 Å². The molecule has 0 saturated heterocycles. The lowest BCUT2D eigenvalue weighted by atomic mass is 9.83. The Morgan fingerprint density at radius 1 is 1.13 bits per heavy atom. The second-order valence-electron chi connectivity index (χ2n) is 4.77. The predicted molar refractivity (Wildman–Crippen MR) is 54.8 cm³/mol. The van der Waals surface area contributed by atoms with Gasteiger partial charge in [0, 0.05) is 12.0 Å². The molecule has 0 spiro atoms. The molecule has 0 amide bonds. The van der Waals surface area contributed by atoms with Gasteiger partial charge in [-0.15, -0.1) is 0 Å². The molecule has 0 unspecified atom stereocenters. The summed E-state index contributed by atoms with van der Waals surface area (Å²) in [6, 6.07) is 0. The number of rotatable bonds is 4. The third-order valence-corrected chi connectivity index (χ3v) is 3.15. The van der Waals surface area contributed by atoms with Crippen LogP contribution in [0.15, 0.2) is 0 Å². The fourth-order valence-electron chi connectivity index (χ4n) is 2.19. The van der Waals surface area contributed by atoms with E-state index in [1.54, 1.807) is 0 Å². The standard InChI is InChI=1S/C11H20F3N/c1-10(6-3-2-4-7-10)15-9-5-8-11(12,13)14/h15H,2-9H2,1H3. The summed E-state index contributed by atoms with van der Waals surface area (Å²) >= 11 is 0. The number of alkyl halides is 3. The van der Waals surface area contributed by atoms with Crippen LogP contribution in [0, 0.1) is 0 Å². The van der Waals surface area contributed by atoms with Crippen LogP contribution in [0.1, 0.15) is 51.9 Å². The van der Waals surface area contributed by atoms with E-state index < -0.39 is 12.6 Å². The van der Waals surface area contributed by atoms with Crippen LogP contribution in [0.25, 0.3) is 0 Å². The number of hydrogen-bond donors (Lipinski definition) is 1. The van der Waals surface area contributed by atoms with E-state index in [2.05, 4.69) is 12.2 Å². The van der Waals surface area contributed by atoms with Gasteiger partial charge in [0.05, 0.1) is 0 Å². The summed E-state index contributed by atoms with van der Waals surface area (Å²) in [5.41, 5.74) is 0.0872. The zero-order valence-electron chi connectivity index (χ0n) is 9.29. The van der Waals surface area contributed by atoms with Gasteiger partial charge in [0.15, 0.2) is 0 Å². The lowest BCUT2D eigenvalue weighted by Gasteiger charge is -2.34. The molecule has 1 aliphatic rings. The molecule has 90 valence electrons. The van der Waals surface area contributed by atoms with Gasteiger partial charge in [-0.2, -0.15) is 13.2 Å². The van der Waals surface area contributed by atoms with Gasteiger partial charge in [-0.1, -0.05) is 19.3 Å². The topological polar surface area (TPSA) is 12.0 Å². The van der Waals surface area contributed by atoms with Crippen molar-refractivity contribution in [3.05, 3.63) is 0 Å². The van der Waals surface area contributed by atoms with Gasteiger partial charge >= 0.3 is 6.18 Å². The first-order valence-corrected chi connectivity index (χ1v) is 5.73. The van der Waals surface area contributed by atoms with Crippen molar-refractivity contribution >= 4 is 0 Å². The third kappa shape index (κ3) is 5.40. The molecule has 1 nitrogen and oxygen atoms in total. The van der Waals surface area contributed by atoms with Crippen LogP contribution < -0.4 is 5.32 Å². The highest BCUT2D eigenvalue weighted by Crippen LogP contribution is 2.28. The zero-order valence-corrected chi connectivity index (χ0v) is 9.29. The van der Waals surface area contributed by atoms with Crippen LogP contribution in [0.4, 0.5) is 13.2 Å². The Bertz CT molecular complexity index is 183. The second kappa shape index (κ2) is 5.19. The minimum atomic E-state index is -4.00. The van der Waals surface area contributed by atoms with Gasteiger partial charge in [0.2, 0.25) is 0 Å². The molecule has 1 fully saturated rings. The molecule has 15 heavy (non-hydrogen) atoms.